The second-order valence-electron chi connectivity index (χ2n) is 7.09. The number of methoxy groups -OCH3 is 1. The number of rotatable bonds is 8. The van der Waals surface area contributed by atoms with Crippen LogP contribution < -0.4 is 14.2 Å². The van der Waals surface area contributed by atoms with Gasteiger partial charge in [0.15, 0.2) is 17.3 Å². The lowest BCUT2D eigenvalue weighted by atomic mass is 10.1. The number of aromatic nitrogens is 2. The van der Waals surface area contributed by atoms with Gasteiger partial charge in [-0.3, -0.25) is 9.48 Å². The molecule has 0 amide bonds. The number of nitrogens with zero attached hydrogens (tertiary/aromatic N) is 2. The molecule has 0 spiro atoms. The van der Waals surface area contributed by atoms with E-state index in [9.17, 15) is 22.4 Å². The Morgan fingerprint density at radius 3 is 2.61 bits per heavy atom. The van der Waals surface area contributed by atoms with E-state index in [1.54, 1.807) is 42.5 Å². The summed E-state index contributed by atoms with van der Waals surface area (Å²) in [5.74, 6) is 1.13. The third-order valence-corrected chi connectivity index (χ3v) is 4.99. The Morgan fingerprint density at radius 2 is 1.88 bits per heavy atom. The molecule has 0 saturated heterocycles. The van der Waals surface area contributed by atoms with Gasteiger partial charge < -0.3 is 14.2 Å². The molecule has 6 nitrogen and oxygen atoms in total. The summed E-state index contributed by atoms with van der Waals surface area (Å²) in [4.78, 5) is 12.5. The molecule has 0 bridgehead atoms. The van der Waals surface area contributed by atoms with Crippen LogP contribution in [0.5, 0.6) is 17.2 Å². The molecule has 10 heteroatoms. The third-order valence-electron chi connectivity index (χ3n) is 4.99. The Kier molecular flexibility index (Phi) is 6.34. The van der Waals surface area contributed by atoms with Crippen molar-refractivity contribution in [3.63, 3.8) is 0 Å². The van der Waals surface area contributed by atoms with Crippen LogP contribution in [-0.4, -0.2) is 29.5 Å². The van der Waals surface area contributed by atoms with Crippen molar-refractivity contribution in [3.8, 4) is 17.2 Å². The number of ether oxygens (including phenoxy) is 3. The van der Waals surface area contributed by atoms with Crippen LogP contribution >= 0.6 is 0 Å². The Bertz CT molecular complexity index is 1210. The van der Waals surface area contributed by atoms with Crippen LogP contribution in [0.4, 0.5) is 17.6 Å². The lowest BCUT2D eigenvalue weighted by Gasteiger charge is -2.12. The number of benzene rings is 2. The highest BCUT2D eigenvalue weighted by molar-refractivity contribution is 6.07. The van der Waals surface area contributed by atoms with Gasteiger partial charge in [0, 0.05) is 11.1 Å². The number of carbonyl (C=O) groups excluding carboxylic acids is 1. The second-order valence-corrected chi connectivity index (χ2v) is 7.09. The zero-order chi connectivity index (χ0) is 23.5. The van der Waals surface area contributed by atoms with Gasteiger partial charge in [-0.1, -0.05) is 12.1 Å². The van der Waals surface area contributed by atoms with Gasteiger partial charge in [-0.25, -0.2) is 17.6 Å². The zero-order valence-electron chi connectivity index (χ0n) is 17.3. The molecule has 2 aromatic carbocycles. The topological polar surface area (TPSA) is 62.6 Å². The summed E-state index contributed by atoms with van der Waals surface area (Å²) >= 11 is 0. The minimum Gasteiger partial charge on any atom is -0.496 e. The lowest BCUT2D eigenvalue weighted by Crippen LogP contribution is -2.08. The summed E-state index contributed by atoms with van der Waals surface area (Å²) in [7, 11) is 1.40. The van der Waals surface area contributed by atoms with Crippen LogP contribution in [0.25, 0.3) is 6.08 Å². The summed E-state index contributed by atoms with van der Waals surface area (Å²) in [6.07, 6.45) is -3.03. The summed E-state index contributed by atoms with van der Waals surface area (Å²) in [5.41, 5.74) is 0.0727. The fourth-order valence-electron chi connectivity index (χ4n) is 3.37. The van der Waals surface area contributed by atoms with E-state index in [1.165, 1.54) is 13.2 Å². The molecule has 4 rings (SSSR count). The summed E-state index contributed by atoms with van der Waals surface area (Å²) in [6, 6.07) is 10.4. The average molecular weight is 462 g/mol. The first-order valence-corrected chi connectivity index (χ1v) is 9.78. The summed E-state index contributed by atoms with van der Waals surface area (Å²) < 4.78 is 69.2. The molecule has 2 heterocycles. The van der Waals surface area contributed by atoms with Crippen molar-refractivity contribution in [1.29, 1.82) is 0 Å². The zero-order valence-corrected chi connectivity index (χ0v) is 17.3. The molecule has 0 aliphatic carbocycles. The van der Waals surface area contributed by atoms with Crippen molar-refractivity contribution >= 4 is 11.9 Å². The molecule has 1 aliphatic rings. The van der Waals surface area contributed by atoms with E-state index < -0.39 is 24.2 Å². The smallest absolute Gasteiger partial charge is 0.282 e. The Morgan fingerprint density at radius 1 is 1.09 bits per heavy atom. The number of alkyl halides is 4. The van der Waals surface area contributed by atoms with Gasteiger partial charge >= 0.3 is 0 Å². The van der Waals surface area contributed by atoms with Crippen LogP contribution in [0.1, 0.15) is 45.7 Å². The quantitative estimate of drug-likeness (QED) is 0.254. The molecule has 0 N–H and O–H groups in total. The van der Waals surface area contributed by atoms with Crippen LogP contribution in [-0.2, 0) is 6.54 Å². The highest BCUT2D eigenvalue weighted by Gasteiger charge is 2.22. The summed E-state index contributed by atoms with van der Waals surface area (Å²) in [5, 5.41) is 3.61. The number of hydrogen-bond donors (Lipinski definition) is 0. The van der Waals surface area contributed by atoms with E-state index in [0.717, 1.165) is 4.68 Å². The minimum absolute atomic E-state index is 0.0970. The van der Waals surface area contributed by atoms with Crippen molar-refractivity contribution in [2.75, 3.05) is 13.9 Å². The predicted octanol–water partition coefficient (Wildman–Crippen LogP) is 5.44. The van der Waals surface area contributed by atoms with Crippen molar-refractivity contribution in [1.82, 2.24) is 9.78 Å². The maximum absolute atomic E-state index is 13.3. The maximum atomic E-state index is 13.3. The van der Waals surface area contributed by atoms with E-state index in [1.807, 2.05) is 0 Å². The molecule has 1 aliphatic heterocycles. The number of carbonyl (C=O) groups is 1. The number of allylic oxidation sites excluding steroid dienone is 1. The second kappa shape index (κ2) is 9.35. The molecule has 33 heavy (non-hydrogen) atoms. The van der Waals surface area contributed by atoms with Crippen LogP contribution in [0, 0.1) is 0 Å². The normalized spacial score (nSPS) is 12.8. The van der Waals surface area contributed by atoms with Gasteiger partial charge in [0.25, 0.3) is 12.9 Å². The first kappa shape index (κ1) is 22.4. The van der Waals surface area contributed by atoms with Gasteiger partial charge in [-0.15, -0.1) is 0 Å². The molecule has 1 aromatic heterocycles. The molecular weight excluding hydrogens is 444 g/mol. The minimum atomic E-state index is -2.97. The first-order valence-electron chi connectivity index (χ1n) is 9.78. The Labute approximate surface area is 186 Å². The SMILES string of the molecule is COc1ccc(/C=C/C(=O)c2ccc3c(c2)OCO3)cc1Cn1nc(C(F)F)cc1C(F)F. The van der Waals surface area contributed by atoms with Crippen molar-refractivity contribution in [2.24, 2.45) is 0 Å². The monoisotopic (exact) mass is 462 g/mol. The fraction of sp³-hybridized carbons (Fsp3) is 0.217. The third kappa shape index (κ3) is 4.84. The van der Waals surface area contributed by atoms with Gasteiger partial charge in [-0.2, -0.15) is 5.10 Å². The van der Waals surface area contributed by atoms with Gasteiger partial charge in [0.2, 0.25) is 6.79 Å². The highest BCUT2D eigenvalue weighted by Crippen LogP contribution is 2.33. The molecule has 0 saturated carbocycles. The molecule has 0 radical (unpaired) electrons. The van der Waals surface area contributed by atoms with Crippen molar-refractivity contribution < 1.29 is 36.6 Å². The lowest BCUT2D eigenvalue weighted by molar-refractivity contribution is 0.104. The maximum Gasteiger partial charge on any atom is 0.282 e. The van der Waals surface area contributed by atoms with Gasteiger partial charge in [-0.05, 0) is 48.0 Å². The number of fused-ring (bicyclic) bond motifs is 1. The van der Waals surface area contributed by atoms with E-state index in [0.29, 0.717) is 40.0 Å². The standard InChI is InChI=1S/C23H18F4N2O4/c1-31-19-6-3-13(2-5-18(30)14-4-7-20-21(9-14)33-12-32-20)8-15(19)11-29-17(23(26)27)10-16(28-29)22(24)25/h2-10,22-23H,11-12H2,1H3/b5-2+. The van der Waals surface area contributed by atoms with Crippen LogP contribution in [0.15, 0.2) is 48.5 Å². The van der Waals surface area contributed by atoms with E-state index in [4.69, 9.17) is 14.2 Å². The number of ketones is 1. The molecule has 3 aromatic rings. The molecule has 0 unspecified atom stereocenters. The molecular formula is C23H18F4N2O4. The van der Waals surface area contributed by atoms with Gasteiger partial charge in [0.05, 0.1) is 13.7 Å². The first-order chi connectivity index (χ1) is 15.9. The van der Waals surface area contributed by atoms with E-state index in [-0.39, 0.29) is 19.1 Å². The van der Waals surface area contributed by atoms with Crippen molar-refractivity contribution in [2.45, 2.75) is 19.4 Å². The van der Waals surface area contributed by atoms with E-state index in [2.05, 4.69) is 5.10 Å². The largest absolute Gasteiger partial charge is 0.496 e. The number of halogens is 4. The number of hydrogen-bond acceptors (Lipinski definition) is 5. The van der Waals surface area contributed by atoms with Crippen LogP contribution in [0.2, 0.25) is 0 Å². The van der Waals surface area contributed by atoms with E-state index >= 15 is 0 Å². The van der Waals surface area contributed by atoms with Crippen molar-refractivity contribution in [3.05, 3.63) is 76.6 Å². The van der Waals surface area contributed by atoms with Crippen LogP contribution in [0.3, 0.4) is 0 Å². The Hall–Kier alpha value is -3.82. The summed E-state index contributed by atoms with van der Waals surface area (Å²) in [6.45, 7) is -0.118. The fourth-order valence-corrected chi connectivity index (χ4v) is 3.37. The highest BCUT2D eigenvalue weighted by atomic mass is 19.3. The Balaban J connectivity index is 1.58. The average Bonchev–Trinajstić information content (AvgIpc) is 3.44. The molecule has 0 atom stereocenters. The molecule has 172 valence electrons. The van der Waals surface area contributed by atoms with Gasteiger partial charge in [0.1, 0.15) is 17.1 Å². The molecule has 0 fully saturated rings. The predicted molar refractivity (Wildman–Crippen MR) is 110 cm³/mol.